The highest BCUT2D eigenvalue weighted by Gasteiger charge is 2.42. The molecule has 0 saturated carbocycles. The van der Waals surface area contributed by atoms with Gasteiger partial charge in [-0.05, 0) is 48.6 Å². The summed E-state index contributed by atoms with van der Waals surface area (Å²) in [4.78, 5) is 26.1. The largest absolute Gasteiger partial charge is 0.457 e. The van der Waals surface area contributed by atoms with Crippen molar-refractivity contribution in [2.24, 2.45) is 0 Å². The van der Waals surface area contributed by atoms with Gasteiger partial charge in [0.15, 0.2) is 5.67 Å². The minimum absolute atomic E-state index is 0.0643. The topological polar surface area (TPSA) is 91.8 Å². The van der Waals surface area contributed by atoms with Gasteiger partial charge in [0, 0.05) is 38.0 Å². The van der Waals surface area contributed by atoms with E-state index in [0.29, 0.717) is 30.2 Å². The molecule has 2 aliphatic rings. The van der Waals surface area contributed by atoms with Crippen LogP contribution in [0.3, 0.4) is 0 Å². The number of cyclic esters (lactones) is 1. The fraction of sp³-hybridized carbons (Fsp3) is 0.476. The molecule has 30 heavy (non-hydrogen) atoms. The third-order valence-electron chi connectivity index (χ3n) is 5.92. The number of aliphatic hydroxyl groups is 1. The molecule has 1 aromatic carbocycles. The van der Waals surface area contributed by atoms with Gasteiger partial charge >= 0.3 is 5.97 Å². The highest BCUT2D eigenvalue weighted by atomic mass is 32.1. The van der Waals surface area contributed by atoms with Gasteiger partial charge < -0.3 is 20.1 Å². The Morgan fingerprint density at radius 2 is 2.13 bits per heavy atom. The van der Waals surface area contributed by atoms with E-state index in [4.69, 9.17) is 4.74 Å². The van der Waals surface area contributed by atoms with Crippen LogP contribution in [0, 0.1) is 13.8 Å². The summed E-state index contributed by atoms with van der Waals surface area (Å²) in [5.74, 6) is -0.971. The van der Waals surface area contributed by atoms with Crippen molar-refractivity contribution >= 4 is 28.4 Å². The van der Waals surface area contributed by atoms with E-state index in [1.54, 1.807) is 18.2 Å². The first-order chi connectivity index (χ1) is 14.3. The molecule has 1 unspecified atom stereocenters. The zero-order valence-corrected chi connectivity index (χ0v) is 17.7. The van der Waals surface area contributed by atoms with E-state index in [0.717, 1.165) is 33.9 Å². The van der Waals surface area contributed by atoms with E-state index in [1.165, 1.54) is 0 Å². The zero-order chi connectivity index (χ0) is 21.5. The number of aryl methyl sites for hydroxylation is 1. The molecule has 9 heteroatoms. The number of hydrogen-bond donors (Lipinski definition) is 2. The summed E-state index contributed by atoms with van der Waals surface area (Å²) < 4.78 is 24.3. The number of aromatic nitrogens is 1. The highest BCUT2D eigenvalue weighted by Crippen LogP contribution is 2.32. The second kappa shape index (κ2) is 8.05. The van der Waals surface area contributed by atoms with Gasteiger partial charge in [-0.15, -0.1) is 0 Å². The van der Waals surface area contributed by atoms with Crippen LogP contribution < -0.4 is 5.32 Å². The number of likely N-dealkylation sites (tertiary alicyclic amines) is 1. The molecule has 0 bridgehead atoms. The Balaban J connectivity index is 1.35. The molecule has 0 radical (unpaired) electrons. The first kappa shape index (κ1) is 20.9. The van der Waals surface area contributed by atoms with Crippen LogP contribution in [0.5, 0.6) is 0 Å². The van der Waals surface area contributed by atoms with Gasteiger partial charge in [0.2, 0.25) is 0 Å². The number of piperidine rings is 1. The molecule has 0 spiro atoms. The van der Waals surface area contributed by atoms with Crippen molar-refractivity contribution in [3.8, 4) is 0 Å². The molecule has 2 aromatic rings. The molecule has 4 rings (SSSR count). The minimum Gasteiger partial charge on any atom is -0.457 e. The average molecular weight is 434 g/mol. The maximum atomic E-state index is 15.2. The third-order valence-corrected chi connectivity index (χ3v) is 6.71. The summed E-state index contributed by atoms with van der Waals surface area (Å²) >= 11 is 1.13. The number of rotatable bonds is 5. The molecule has 2 aliphatic heterocycles. The number of halogens is 1. The molecule has 3 heterocycles. The van der Waals surface area contributed by atoms with Crippen LogP contribution in [-0.2, 0) is 16.1 Å². The monoisotopic (exact) mass is 433 g/mol. The Labute approximate surface area is 178 Å². The lowest BCUT2D eigenvalue weighted by atomic mass is 9.91. The Hall–Kier alpha value is -2.36. The number of nitrogens with one attached hydrogen (secondary N) is 1. The number of ether oxygens (including phenoxy) is 1. The van der Waals surface area contributed by atoms with E-state index >= 15 is 4.39 Å². The van der Waals surface area contributed by atoms with Crippen molar-refractivity contribution in [2.75, 3.05) is 25.0 Å². The first-order valence-electron chi connectivity index (χ1n) is 9.90. The van der Waals surface area contributed by atoms with E-state index in [9.17, 15) is 14.7 Å². The summed E-state index contributed by atoms with van der Waals surface area (Å²) in [5, 5.41) is 13.9. The minimum atomic E-state index is -1.93. The molecule has 1 aromatic heterocycles. The number of β-amino-alcohol motifs (C(OH)–C–C–N with tert-alkyl or cyclic N) is 1. The maximum Gasteiger partial charge on any atom is 0.338 e. The van der Waals surface area contributed by atoms with Crippen LogP contribution in [-0.4, -0.2) is 51.6 Å². The normalized spacial score (nSPS) is 19.3. The van der Waals surface area contributed by atoms with Gasteiger partial charge in [0.1, 0.15) is 11.6 Å². The molecule has 2 N–H and O–H groups in total. The number of amides is 1. The lowest BCUT2D eigenvalue weighted by Crippen LogP contribution is -2.49. The van der Waals surface area contributed by atoms with Crippen LogP contribution in [0.15, 0.2) is 18.2 Å². The van der Waals surface area contributed by atoms with Crippen molar-refractivity contribution in [2.45, 2.75) is 45.1 Å². The summed E-state index contributed by atoms with van der Waals surface area (Å²) in [7, 11) is 0. The van der Waals surface area contributed by atoms with Crippen LogP contribution >= 0.6 is 11.5 Å². The van der Waals surface area contributed by atoms with E-state index in [2.05, 4.69) is 9.69 Å². The second-order valence-corrected chi connectivity index (χ2v) is 8.76. The second-order valence-electron chi connectivity index (χ2n) is 7.95. The number of hydrogen-bond acceptors (Lipinski definition) is 7. The molecular formula is C21H24FN3O4S. The van der Waals surface area contributed by atoms with Gasteiger partial charge in [-0.25, -0.2) is 9.18 Å². The number of nitrogens with zero attached hydrogens (tertiary/aromatic N) is 2. The SMILES string of the molecule is Cc1cc(NC(=O)C2(F)CCN(CC(O)c3ccc4c(c3C)COC4=O)CC2)sn1. The van der Waals surface area contributed by atoms with Gasteiger partial charge in [-0.3, -0.25) is 4.79 Å². The number of carbonyl (C=O) groups is 2. The summed E-state index contributed by atoms with van der Waals surface area (Å²) in [6.45, 7) is 4.98. The lowest BCUT2D eigenvalue weighted by Gasteiger charge is -2.36. The number of esters is 1. The van der Waals surface area contributed by atoms with Crippen molar-refractivity contribution in [1.29, 1.82) is 0 Å². The molecule has 1 saturated heterocycles. The van der Waals surface area contributed by atoms with Crippen LogP contribution in [0.2, 0.25) is 0 Å². The predicted octanol–water partition coefficient (Wildman–Crippen LogP) is 2.91. The number of fused-ring (bicyclic) bond motifs is 1. The molecule has 0 aliphatic carbocycles. The number of alkyl halides is 1. The van der Waals surface area contributed by atoms with E-state index in [1.807, 2.05) is 18.7 Å². The third kappa shape index (κ3) is 3.97. The lowest BCUT2D eigenvalue weighted by molar-refractivity contribution is -0.130. The number of anilines is 1. The van der Waals surface area contributed by atoms with Crippen molar-refractivity contribution < 1.29 is 23.8 Å². The number of benzene rings is 1. The Bertz CT molecular complexity index is 985. The van der Waals surface area contributed by atoms with Gasteiger partial charge in [-0.1, -0.05) is 6.07 Å². The van der Waals surface area contributed by atoms with Crippen LogP contribution in [0.25, 0.3) is 0 Å². The molecule has 7 nitrogen and oxygen atoms in total. The Morgan fingerprint density at radius 1 is 1.40 bits per heavy atom. The van der Waals surface area contributed by atoms with Crippen molar-refractivity contribution in [3.05, 3.63) is 46.1 Å². The maximum absolute atomic E-state index is 15.2. The first-order valence-corrected chi connectivity index (χ1v) is 10.7. The Kier molecular flexibility index (Phi) is 5.61. The standard InChI is InChI=1S/C21H24FN3O4S/c1-12-9-18(30-24-12)23-20(28)21(22)5-7-25(8-6-21)10-17(26)14-3-4-15-16(13(14)2)11-29-19(15)27/h3-4,9,17,26H,5-8,10-11H2,1-2H3,(H,23,28). The smallest absolute Gasteiger partial charge is 0.338 e. The predicted molar refractivity (Wildman–Crippen MR) is 110 cm³/mol. The number of carbonyl (C=O) groups excluding carboxylic acids is 2. The number of aliphatic hydroxyl groups excluding tert-OH is 1. The summed E-state index contributed by atoms with van der Waals surface area (Å²) in [6.07, 6.45) is -0.643. The molecule has 160 valence electrons. The fourth-order valence-corrected chi connectivity index (χ4v) is 4.69. The van der Waals surface area contributed by atoms with Gasteiger partial charge in [-0.2, -0.15) is 4.37 Å². The van der Waals surface area contributed by atoms with Gasteiger partial charge in [0.05, 0.1) is 17.4 Å². The van der Waals surface area contributed by atoms with Gasteiger partial charge in [0.25, 0.3) is 5.91 Å². The van der Waals surface area contributed by atoms with Crippen molar-refractivity contribution in [3.63, 3.8) is 0 Å². The Morgan fingerprint density at radius 3 is 2.80 bits per heavy atom. The zero-order valence-electron chi connectivity index (χ0n) is 16.9. The molecule has 1 atom stereocenters. The summed E-state index contributed by atoms with van der Waals surface area (Å²) in [5.41, 5.74) is 1.80. The quantitative estimate of drug-likeness (QED) is 0.705. The summed E-state index contributed by atoms with van der Waals surface area (Å²) in [6, 6.07) is 5.15. The highest BCUT2D eigenvalue weighted by molar-refractivity contribution is 7.10. The molecular weight excluding hydrogens is 409 g/mol. The fourth-order valence-electron chi connectivity index (χ4n) is 4.04. The van der Waals surface area contributed by atoms with Crippen molar-refractivity contribution in [1.82, 2.24) is 9.27 Å². The van der Waals surface area contributed by atoms with Crippen LogP contribution in [0.1, 0.15) is 51.7 Å². The van der Waals surface area contributed by atoms with E-state index < -0.39 is 17.7 Å². The van der Waals surface area contributed by atoms with E-state index in [-0.39, 0.29) is 25.4 Å². The molecule has 1 fully saturated rings. The van der Waals surface area contributed by atoms with Crippen LogP contribution in [0.4, 0.5) is 9.39 Å². The average Bonchev–Trinajstić information content (AvgIpc) is 3.30. The molecule has 1 amide bonds.